The minimum absolute atomic E-state index is 0.315. The van der Waals surface area contributed by atoms with Crippen molar-refractivity contribution < 1.29 is 9.18 Å². The molecule has 0 saturated heterocycles. The summed E-state index contributed by atoms with van der Waals surface area (Å²) < 4.78 is 17.5. The van der Waals surface area contributed by atoms with E-state index in [9.17, 15) is 9.18 Å². The molecule has 0 aliphatic heterocycles. The van der Waals surface area contributed by atoms with Gasteiger partial charge in [0, 0.05) is 19.2 Å². The second kappa shape index (κ2) is 5.92. The van der Waals surface area contributed by atoms with Crippen molar-refractivity contribution in [3.8, 4) is 0 Å². The van der Waals surface area contributed by atoms with Gasteiger partial charge in [-0.1, -0.05) is 17.4 Å². The van der Waals surface area contributed by atoms with Gasteiger partial charge in [-0.25, -0.2) is 4.39 Å². The highest BCUT2D eigenvalue weighted by Crippen LogP contribution is 2.19. The number of hydrogen-bond donors (Lipinski definition) is 0. The largest absolute Gasteiger partial charge is 0.312 e. The predicted molar refractivity (Wildman–Crippen MR) is 87.8 cm³/mol. The Balaban J connectivity index is 2.20. The molecule has 0 saturated carbocycles. The Labute approximate surface area is 136 Å². The number of carbonyl (C=O) groups is 1. The Morgan fingerprint density at radius 2 is 2.30 bits per heavy atom. The molecule has 3 rings (SSSR count). The molecule has 0 fully saturated rings. The van der Waals surface area contributed by atoms with E-state index in [1.165, 1.54) is 28.2 Å². The van der Waals surface area contributed by atoms with Gasteiger partial charge in [-0.2, -0.15) is 10.1 Å². The smallest absolute Gasteiger partial charge is 0.298 e. The number of nitrogens with zero attached hydrogens (tertiary/aromatic N) is 4. The van der Waals surface area contributed by atoms with Crippen LogP contribution in [-0.2, 0) is 13.6 Å². The fraction of sp³-hybridized carbons (Fsp3) is 0.188. The number of halogens is 1. The van der Waals surface area contributed by atoms with E-state index in [0.717, 1.165) is 15.8 Å². The van der Waals surface area contributed by atoms with E-state index < -0.39 is 0 Å². The average Bonchev–Trinajstić information content (AvgIpc) is 3.00. The number of fused-ring (bicyclic) bond motifs is 1. The number of benzene rings is 1. The summed E-state index contributed by atoms with van der Waals surface area (Å²) in [5.74, 6) is -0.683. The maximum absolute atomic E-state index is 13.4. The summed E-state index contributed by atoms with van der Waals surface area (Å²) >= 11 is 1.27. The Bertz CT molecular complexity index is 960. The summed E-state index contributed by atoms with van der Waals surface area (Å²) in [6.07, 6.45) is 3.34. The fourth-order valence-corrected chi connectivity index (χ4v) is 3.49. The summed E-state index contributed by atoms with van der Waals surface area (Å²) in [4.78, 5) is 17.2. The van der Waals surface area contributed by atoms with Gasteiger partial charge in [0.15, 0.2) is 4.80 Å². The lowest BCUT2D eigenvalue weighted by Gasteiger charge is -2.01. The van der Waals surface area contributed by atoms with E-state index in [1.54, 1.807) is 25.4 Å². The number of allylic oxidation sites excluding steroid dienone is 1. The van der Waals surface area contributed by atoms with E-state index >= 15 is 0 Å². The number of hydrogen-bond acceptors (Lipinski definition) is 3. The highest BCUT2D eigenvalue weighted by Gasteiger charge is 2.14. The molecular weight excluding hydrogens is 315 g/mol. The molecule has 0 atom stereocenters. The molecule has 3 aromatic rings. The lowest BCUT2D eigenvalue weighted by molar-refractivity contribution is 0.0988. The molecule has 0 aliphatic rings. The van der Waals surface area contributed by atoms with Gasteiger partial charge >= 0.3 is 0 Å². The van der Waals surface area contributed by atoms with Gasteiger partial charge < -0.3 is 4.57 Å². The molecule has 0 bridgehead atoms. The number of aromatic nitrogens is 3. The predicted octanol–water partition coefficient (Wildman–Crippen LogP) is 2.81. The van der Waals surface area contributed by atoms with Crippen LogP contribution in [0.1, 0.15) is 16.1 Å². The summed E-state index contributed by atoms with van der Waals surface area (Å²) in [6, 6.07) is 4.52. The van der Waals surface area contributed by atoms with Crippen molar-refractivity contribution in [1.82, 2.24) is 14.3 Å². The van der Waals surface area contributed by atoms with Gasteiger partial charge in [0.1, 0.15) is 11.5 Å². The Hall–Kier alpha value is -2.54. The van der Waals surface area contributed by atoms with Crippen molar-refractivity contribution in [3.63, 3.8) is 0 Å². The monoisotopic (exact) mass is 330 g/mol. The molecule has 118 valence electrons. The van der Waals surface area contributed by atoms with Crippen molar-refractivity contribution in [2.75, 3.05) is 0 Å². The number of carbonyl (C=O) groups excluding carboxylic acids is 1. The van der Waals surface area contributed by atoms with Crippen LogP contribution in [0.2, 0.25) is 0 Å². The van der Waals surface area contributed by atoms with Gasteiger partial charge in [0.2, 0.25) is 0 Å². The molecule has 7 heteroatoms. The van der Waals surface area contributed by atoms with E-state index in [-0.39, 0.29) is 11.7 Å². The molecule has 1 amide bonds. The Morgan fingerprint density at radius 3 is 2.96 bits per heavy atom. The van der Waals surface area contributed by atoms with Gasteiger partial charge in [-0.05, 0) is 25.1 Å². The maximum Gasteiger partial charge on any atom is 0.298 e. The number of amides is 1. The van der Waals surface area contributed by atoms with Crippen molar-refractivity contribution in [2.24, 2.45) is 12.0 Å². The first kappa shape index (κ1) is 15.4. The van der Waals surface area contributed by atoms with Crippen LogP contribution < -0.4 is 4.80 Å². The van der Waals surface area contributed by atoms with Crippen molar-refractivity contribution >= 4 is 27.5 Å². The zero-order chi connectivity index (χ0) is 16.6. The molecule has 23 heavy (non-hydrogen) atoms. The first-order valence-corrected chi connectivity index (χ1v) is 7.80. The lowest BCUT2D eigenvalue weighted by atomic mass is 10.3. The third kappa shape index (κ3) is 2.75. The summed E-state index contributed by atoms with van der Waals surface area (Å²) in [7, 11) is 1.70. The molecule has 0 N–H and O–H groups in total. The number of rotatable bonds is 3. The lowest BCUT2D eigenvalue weighted by Crippen LogP contribution is -2.17. The van der Waals surface area contributed by atoms with E-state index in [1.807, 2.05) is 11.5 Å². The number of aryl methyl sites for hydroxylation is 2. The third-order valence-electron chi connectivity index (χ3n) is 3.48. The Morgan fingerprint density at radius 1 is 1.52 bits per heavy atom. The minimum atomic E-state index is -0.368. The first-order chi connectivity index (χ1) is 11.0. The molecule has 2 heterocycles. The van der Waals surface area contributed by atoms with Crippen LogP contribution in [0.15, 0.2) is 42.0 Å². The quantitative estimate of drug-likeness (QED) is 0.694. The second-order valence-corrected chi connectivity index (χ2v) is 6.12. The van der Waals surface area contributed by atoms with Crippen molar-refractivity contribution in [3.05, 3.63) is 58.9 Å². The van der Waals surface area contributed by atoms with Crippen LogP contribution in [0.5, 0.6) is 0 Å². The highest BCUT2D eigenvalue weighted by atomic mass is 32.1. The molecule has 0 spiro atoms. The topological polar surface area (TPSA) is 52.2 Å². The molecule has 1 aromatic carbocycles. The highest BCUT2D eigenvalue weighted by molar-refractivity contribution is 7.16. The summed E-state index contributed by atoms with van der Waals surface area (Å²) in [5, 5.41) is 4.06. The zero-order valence-electron chi connectivity index (χ0n) is 12.8. The third-order valence-corrected chi connectivity index (χ3v) is 4.52. The standard InChI is InChI=1S/C16H15FN4OS/c1-4-7-21-12-6-5-11(17)8-13(12)23-16(21)19-15(22)14-10(2)9-18-20(14)3/h4-6,8-9H,1,7H2,2-3H3. The maximum atomic E-state index is 13.4. The van der Waals surface area contributed by atoms with Crippen LogP contribution in [0.25, 0.3) is 10.2 Å². The van der Waals surface area contributed by atoms with E-state index in [0.29, 0.717) is 17.0 Å². The molecule has 2 aromatic heterocycles. The van der Waals surface area contributed by atoms with Gasteiger partial charge in [-0.15, -0.1) is 6.58 Å². The van der Waals surface area contributed by atoms with Crippen LogP contribution >= 0.6 is 11.3 Å². The fourth-order valence-electron chi connectivity index (χ4n) is 2.43. The SMILES string of the molecule is C=CCn1c(=NC(=O)c2c(C)cnn2C)sc2cc(F)ccc21. The average molecular weight is 330 g/mol. The van der Waals surface area contributed by atoms with Crippen molar-refractivity contribution in [1.29, 1.82) is 0 Å². The molecule has 5 nitrogen and oxygen atoms in total. The summed E-state index contributed by atoms with van der Waals surface area (Å²) in [6.45, 7) is 6.03. The van der Waals surface area contributed by atoms with E-state index in [2.05, 4.69) is 16.7 Å². The van der Waals surface area contributed by atoms with E-state index in [4.69, 9.17) is 0 Å². The molecule has 0 radical (unpaired) electrons. The van der Waals surface area contributed by atoms with Crippen molar-refractivity contribution in [2.45, 2.75) is 13.5 Å². The second-order valence-electron chi connectivity index (χ2n) is 5.11. The molecule has 0 aliphatic carbocycles. The Kier molecular flexibility index (Phi) is 3.96. The van der Waals surface area contributed by atoms with Crippen LogP contribution in [0.3, 0.4) is 0 Å². The molecular formula is C16H15FN4OS. The normalized spacial score (nSPS) is 12.0. The number of thiazole rings is 1. The molecule has 0 unspecified atom stereocenters. The van der Waals surface area contributed by atoms with Crippen LogP contribution in [0, 0.1) is 12.7 Å². The van der Waals surface area contributed by atoms with Crippen LogP contribution in [0.4, 0.5) is 4.39 Å². The van der Waals surface area contributed by atoms with Gasteiger partial charge in [0.25, 0.3) is 5.91 Å². The first-order valence-electron chi connectivity index (χ1n) is 6.98. The summed E-state index contributed by atoms with van der Waals surface area (Å²) in [5.41, 5.74) is 2.03. The van der Waals surface area contributed by atoms with Gasteiger partial charge in [0.05, 0.1) is 16.4 Å². The zero-order valence-corrected chi connectivity index (χ0v) is 13.6. The van der Waals surface area contributed by atoms with Crippen LogP contribution in [-0.4, -0.2) is 20.3 Å². The minimum Gasteiger partial charge on any atom is -0.312 e. The van der Waals surface area contributed by atoms with Gasteiger partial charge in [-0.3, -0.25) is 9.48 Å².